The maximum Gasteiger partial charge on any atom is 0.325 e. The summed E-state index contributed by atoms with van der Waals surface area (Å²) in [6.07, 6.45) is 2.01. The largest absolute Gasteiger partial charge is 0.480 e. The molecule has 1 aromatic rings. The molecule has 5 heteroatoms. The van der Waals surface area contributed by atoms with Crippen LogP contribution in [0.25, 0.3) is 0 Å². The van der Waals surface area contributed by atoms with Crippen LogP contribution in [0.15, 0.2) is 29.2 Å². The molecule has 0 saturated carbocycles. The van der Waals surface area contributed by atoms with Crippen LogP contribution in [0.5, 0.6) is 0 Å². The smallest absolute Gasteiger partial charge is 0.325 e. The molecule has 0 aromatic heterocycles. The Hall–Kier alpha value is -0.650. The Morgan fingerprint density at radius 1 is 1.44 bits per heavy atom. The van der Waals surface area contributed by atoms with E-state index in [1.165, 1.54) is 0 Å². The van der Waals surface area contributed by atoms with E-state index in [0.29, 0.717) is 0 Å². The van der Waals surface area contributed by atoms with Crippen molar-refractivity contribution in [3.8, 4) is 0 Å². The standard InChI is InChI=1S/C13H17NO2S2/c1-17-11-4-2-3-10(9-11)12(13(15)16)14-5-7-18-8-6-14/h2-4,9,12H,5-8H2,1H3,(H,15,16). The van der Waals surface area contributed by atoms with E-state index in [0.717, 1.165) is 35.1 Å². The van der Waals surface area contributed by atoms with Gasteiger partial charge in [0.2, 0.25) is 0 Å². The van der Waals surface area contributed by atoms with Gasteiger partial charge in [0.25, 0.3) is 0 Å². The maximum atomic E-state index is 11.5. The summed E-state index contributed by atoms with van der Waals surface area (Å²) >= 11 is 3.54. The first-order chi connectivity index (χ1) is 8.72. The highest BCUT2D eigenvalue weighted by Crippen LogP contribution is 2.27. The molecule has 0 aliphatic carbocycles. The van der Waals surface area contributed by atoms with Gasteiger partial charge in [-0.15, -0.1) is 11.8 Å². The van der Waals surface area contributed by atoms with E-state index in [1.807, 2.05) is 42.3 Å². The highest BCUT2D eigenvalue weighted by Gasteiger charge is 2.28. The molecular weight excluding hydrogens is 266 g/mol. The summed E-state index contributed by atoms with van der Waals surface area (Å²) < 4.78 is 0. The van der Waals surface area contributed by atoms with Gasteiger partial charge in [-0.25, -0.2) is 0 Å². The molecule has 0 spiro atoms. The Balaban J connectivity index is 2.25. The van der Waals surface area contributed by atoms with Crippen molar-refractivity contribution < 1.29 is 9.90 Å². The van der Waals surface area contributed by atoms with Crippen molar-refractivity contribution in [3.05, 3.63) is 29.8 Å². The second-order valence-electron chi connectivity index (χ2n) is 4.17. The molecule has 1 saturated heterocycles. The van der Waals surface area contributed by atoms with Crippen LogP contribution in [-0.2, 0) is 4.79 Å². The van der Waals surface area contributed by atoms with E-state index >= 15 is 0 Å². The zero-order chi connectivity index (χ0) is 13.0. The average molecular weight is 283 g/mol. The fraction of sp³-hybridized carbons (Fsp3) is 0.462. The minimum atomic E-state index is -0.750. The zero-order valence-corrected chi connectivity index (χ0v) is 12.0. The van der Waals surface area contributed by atoms with Gasteiger partial charge in [0.15, 0.2) is 0 Å². The number of thioether (sulfide) groups is 2. The monoisotopic (exact) mass is 283 g/mol. The first kappa shape index (κ1) is 13.8. The molecule has 18 heavy (non-hydrogen) atoms. The van der Waals surface area contributed by atoms with E-state index in [1.54, 1.807) is 11.8 Å². The number of carboxylic acid groups (broad SMARTS) is 1. The summed E-state index contributed by atoms with van der Waals surface area (Å²) in [5, 5.41) is 9.49. The Bertz CT molecular complexity index is 419. The molecule has 98 valence electrons. The summed E-state index contributed by atoms with van der Waals surface area (Å²) in [6, 6.07) is 7.36. The summed E-state index contributed by atoms with van der Waals surface area (Å²) in [7, 11) is 0. The minimum absolute atomic E-state index is 0.502. The van der Waals surface area contributed by atoms with E-state index < -0.39 is 12.0 Å². The first-order valence-electron chi connectivity index (χ1n) is 5.91. The minimum Gasteiger partial charge on any atom is -0.480 e. The highest BCUT2D eigenvalue weighted by atomic mass is 32.2. The van der Waals surface area contributed by atoms with Crippen molar-refractivity contribution in [2.75, 3.05) is 30.9 Å². The lowest BCUT2D eigenvalue weighted by molar-refractivity contribution is -0.143. The van der Waals surface area contributed by atoms with E-state index in [4.69, 9.17) is 0 Å². The molecular formula is C13H17NO2S2. The van der Waals surface area contributed by atoms with E-state index in [2.05, 4.69) is 4.90 Å². The molecule has 1 atom stereocenters. The number of benzene rings is 1. The predicted octanol–water partition coefficient (Wildman–Crippen LogP) is 2.58. The first-order valence-corrected chi connectivity index (χ1v) is 8.29. The van der Waals surface area contributed by atoms with Gasteiger partial charge in [-0.2, -0.15) is 11.8 Å². The SMILES string of the molecule is CSc1cccc(C(C(=O)O)N2CCSCC2)c1. The van der Waals surface area contributed by atoms with Gasteiger partial charge in [0.1, 0.15) is 6.04 Å². The molecule has 1 N–H and O–H groups in total. The molecule has 1 heterocycles. The van der Waals surface area contributed by atoms with E-state index in [-0.39, 0.29) is 0 Å². The Morgan fingerprint density at radius 2 is 2.17 bits per heavy atom. The number of rotatable bonds is 4. The van der Waals surface area contributed by atoms with Crippen LogP contribution in [0.1, 0.15) is 11.6 Å². The van der Waals surface area contributed by atoms with Crippen molar-refractivity contribution in [3.63, 3.8) is 0 Å². The Kier molecular flexibility index (Phi) is 4.97. The summed E-state index contributed by atoms with van der Waals surface area (Å²) in [5.74, 6) is 1.29. The van der Waals surface area contributed by atoms with Crippen molar-refractivity contribution in [2.45, 2.75) is 10.9 Å². The lowest BCUT2D eigenvalue weighted by atomic mass is 10.1. The molecule has 0 radical (unpaired) electrons. The maximum absolute atomic E-state index is 11.5. The number of carbonyl (C=O) groups is 1. The van der Waals surface area contributed by atoms with Crippen molar-refractivity contribution in [1.82, 2.24) is 4.90 Å². The molecule has 1 aromatic carbocycles. The third-order valence-electron chi connectivity index (χ3n) is 3.05. The van der Waals surface area contributed by atoms with Crippen LogP contribution >= 0.6 is 23.5 Å². The van der Waals surface area contributed by atoms with Crippen LogP contribution in [0.2, 0.25) is 0 Å². The third-order valence-corrected chi connectivity index (χ3v) is 4.72. The van der Waals surface area contributed by atoms with Crippen LogP contribution in [0.4, 0.5) is 0 Å². The number of nitrogens with zero attached hydrogens (tertiary/aromatic N) is 1. The lowest BCUT2D eigenvalue weighted by Crippen LogP contribution is -2.39. The summed E-state index contributed by atoms with van der Waals surface area (Å²) in [4.78, 5) is 14.7. The third kappa shape index (κ3) is 3.22. The number of hydrogen-bond acceptors (Lipinski definition) is 4. The van der Waals surface area contributed by atoms with Crippen LogP contribution < -0.4 is 0 Å². The van der Waals surface area contributed by atoms with Crippen LogP contribution in [0.3, 0.4) is 0 Å². The van der Waals surface area contributed by atoms with Crippen molar-refractivity contribution in [1.29, 1.82) is 0 Å². The molecule has 2 rings (SSSR count). The second kappa shape index (κ2) is 6.50. The van der Waals surface area contributed by atoms with Gasteiger partial charge in [0.05, 0.1) is 0 Å². The predicted molar refractivity (Wildman–Crippen MR) is 77.5 cm³/mol. The summed E-state index contributed by atoms with van der Waals surface area (Å²) in [5.41, 5.74) is 0.890. The topological polar surface area (TPSA) is 40.5 Å². The fourth-order valence-corrected chi connectivity index (χ4v) is 3.56. The van der Waals surface area contributed by atoms with Crippen LogP contribution in [0, 0.1) is 0 Å². The molecule has 0 amide bonds. The van der Waals surface area contributed by atoms with Gasteiger partial charge in [-0.1, -0.05) is 12.1 Å². The Labute approximate surface area is 116 Å². The van der Waals surface area contributed by atoms with Gasteiger partial charge < -0.3 is 5.11 Å². The molecule has 1 aliphatic rings. The highest BCUT2D eigenvalue weighted by molar-refractivity contribution is 7.99. The normalized spacial score (nSPS) is 18.5. The molecule has 0 bridgehead atoms. The molecule has 1 fully saturated rings. The van der Waals surface area contributed by atoms with Gasteiger partial charge in [-0.05, 0) is 24.0 Å². The molecule has 3 nitrogen and oxygen atoms in total. The van der Waals surface area contributed by atoms with Crippen molar-refractivity contribution >= 4 is 29.5 Å². The fourth-order valence-electron chi connectivity index (χ4n) is 2.16. The number of hydrogen-bond donors (Lipinski definition) is 1. The van der Waals surface area contributed by atoms with Crippen LogP contribution in [-0.4, -0.2) is 46.8 Å². The van der Waals surface area contributed by atoms with Gasteiger partial charge >= 0.3 is 5.97 Å². The van der Waals surface area contributed by atoms with Gasteiger partial charge in [0, 0.05) is 29.5 Å². The average Bonchev–Trinajstić information content (AvgIpc) is 2.40. The summed E-state index contributed by atoms with van der Waals surface area (Å²) in [6.45, 7) is 1.70. The zero-order valence-electron chi connectivity index (χ0n) is 10.3. The molecule has 1 aliphatic heterocycles. The quantitative estimate of drug-likeness (QED) is 0.860. The Morgan fingerprint density at radius 3 is 2.78 bits per heavy atom. The van der Waals surface area contributed by atoms with Crippen molar-refractivity contribution in [2.24, 2.45) is 0 Å². The number of aliphatic carboxylic acids is 1. The molecule has 1 unspecified atom stereocenters. The lowest BCUT2D eigenvalue weighted by Gasteiger charge is -2.32. The van der Waals surface area contributed by atoms with E-state index in [9.17, 15) is 9.90 Å². The van der Waals surface area contributed by atoms with Gasteiger partial charge in [-0.3, -0.25) is 9.69 Å². The number of carboxylic acids is 1. The second-order valence-corrected chi connectivity index (χ2v) is 6.27.